The van der Waals surface area contributed by atoms with Crippen LogP contribution in [0.2, 0.25) is 0 Å². The van der Waals surface area contributed by atoms with Crippen LogP contribution in [-0.2, 0) is 4.79 Å². The zero-order chi connectivity index (χ0) is 22.8. The zero-order valence-electron chi connectivity index (χ0n) is 18.1. The van der Waals surface area contributed by atoms with Crippen molar-refractivity contribution in [2.75, 3.05) is 19.7 Å². The number of carbonyl (C=O) groups excluding carboxylic acids is 2. The molecule has 3 atom stereocenters. The van der Waals surface area contributed by atoms with E-state index < -0.39 is 0 Å². The van der Waals surface area contributed by atoms with Crippen molar-refractivity contribution in [3.05, 3.63) is 107 Å². The zero-order valence-corrected chi connectivity index (χ0v) is 18.1. The first-order valence-corrected chi connectivity index (χ1v) is 11.1. The number of rotatable bonds is 3. The van der Waals surface area contributed by atoms with Gasteiger partial charge in [-0.1, -0.05) is 60.4 Å². The quantitative estimate of drug-likeness (QED) is 0.643. The number of piperazine rings is 1. The van der Waals surface area contributed by atoms with Gasteiger partial charge in [-0.2, -0.15) is 0 Å². The van der Waals surface area contributed by atoms with Crippen molar-refractivity contribution in [3.63, 3.8) is 0 Å². The highest BCUT2D eigenvalue weighted by molar-refractivity contribution is 5.97. The maximum absolute atomic E-state index is 12.9. The van der Waals surface area contributed by atoms with Crippen LogP contribution in [0.4, 0.5) is 0 Å². The summed E-state index contributed by atoms with van der Waals surface area (Å²) >= 11 is 0. The van der Waals surface area contributed by atoms with Crippen molar-refractivity contribution in [3.8, 4) is 11.8 Å². The van der Waals surface area contributed by atoms with Gasteiger partial charge in [0, 0.05) is 29.2 Å². The lowest BCUT2D eigenvalue weighted by Crippen LogP contribution is -2.73. The molecule has 164 valence electrons. The Bertz CT molecular complexity index is 1210. The summed E-state index contributed by atoms with van der Waals surface area (Å²) in [4.78, 5) is 29.1. The molecular weight excluding hydrogens is 412 g/mol. The minimum Gasteiger partial charge on any atom is -0.394 e. The van der Waals surface area contributed by atoms with Crippen LogP contribution in [-0.4, -0.2) is 58.5 Å². The van der Waals surface area contributed by atoms with E-state index in [1.165, 1.54) is 0 Å². The smallest absolute Gasteiger partial charge is 0.254 e. The number of aliphatic hydroxyl groups is 1. The molecule has 0 aliphatic carbocycles. The molecule has 2 fully saturated rings. The molecule has 2 amide bonds. The summed E-state index contributed by atoms with van der Waals surface area (Å²) in [6.45, 7) is 0.396. The average Bonchev–Trinajstić information content (AvgIpc) is 2.85. The van der Waals surface area contributed by atoms with Crippen LogP contribution in [0.15, 0.2) is 84.9 Å². The van der Waals surface area contributed by atoms with E-state index in [9.17, 15) is 14.7 Å². The van der Waals surface area contributed by atoms with E-state index in [0.717, 1.165) is 16.7 Å². The lowest BCUT2D eigenvalue weighted by Gasteiger charge is -2.58. The van der Waals surface area contributed by atoms with Crippen LogP contribution in [0.5, 0.6) is 0 Å². The molecule has 2 aliphatic heterocycles. The Morgan fingerprint density at radius 2 is 1.48 bits per heavy atom. The molecule has 0 spiro atoms. The van der Waals surface area contributed by atoms with Gasteiger partial charge in [0.15, 0.2) is 0 Å². The molecule has 2 heterocycles. The van der Waals surface area contributed by atoms with Gasteiger partial charge >= 0.3 is 0 Å². The molecule has 2 aliphatic rings. The molecule has 5 heteroatoms. The second-order valence-electron chi connectivity index (χ2n) is 8.43. The maximum Gasteiger partial charge on any atom is 0.254 e. The molecule has 5 nitrogen and oxygen atoms in total. The van der Waals surface area contributed by atoms with Crippen molar-refractivity contribution in [2.45, 2.75) is 18.0 Å². The molecule has 0 aromatic heterocycles. The first-order valence-electron chi connectivity index (χ1n) is 11.1. The van der Waals surface area contributed by atoms with E-state index in [4.69, 9.17) is 0 Å². The number of fused-ring (bicyclic) bond motifs is 1. The molecule has 0 saturated carbocycles. The summed E-state index contributed by atoms with van der Waals surface area (Å²) in [5.74, 6) is 6.05. The fourth-order valence-electron chi connectivity index (χ4n) is 4.87. The predicted molar refractivity (Wildman–Crippen MR) is 125 cm³/mol. The van der Waals surface area contributed by atoms with Crippen LogP contribution in [0, 0.1) is 11.8 Å². The Balaban J connectivity index is 1.35. The summed E-state index contributed by atoms with van der Waals surface area (Å²) in [5, 5.41) is 10.00. The third kappa shape index (κ3) is 4.02. The van der Waals surface area contributed by atoms with Gasteiger partial charge in [0.25, 0.3) is 5.91 Å². The van der Waals surface area contributed by atoms with Gasteiger partial charge in [0.2, 0.25) is 5.91 Å². The third-order valence-electron chi connectivity index (χ3n) is 6.48. The van der Waals surface area contributed by atoms with Crippen molar-refractivity contribution >= 4 is 11.8 Å². The van der Waals surface area contributed by atoms with Gasteiger partial charge in [0.05, 0.1) is 18.7 Å². The van der Waals surface area contributed by atoms with Crippen molar-refractivity contribution < 1.29 is 14.7 Å². The molecule has 1 N–H and O–H groups in total. The fraction of sp³-hybridized carbons (Fsp3) is 0.214. The van der Waals surface area contributed by atoms with E-state index >= 15 is 0 Å². The average molecular weight is 437 g/mol. The number of amides is 2. The number of nitrogens with zero attached hydrogens (tertiary/aromatic N) is 2. The summed E-state index contributed by atoms with van der Waals surface area (Å²) in [5.41, 5.74) is 3.48. The van der Waals surface area contributed by atoms with E-state index in [1.807, 2.05) is 72.8 Å². The topological polar surface area (TPSA) is 60.9 Å². The first kappa shape index (κ1) is 21.0. The number of benzene rings is 3. The molecule has 2 saturated heterocycles. The van der Waals surface area contributed by atoms with E-state index in [2.05, 4.69) is 11.8 Å². The molecule has 0 radical (unpaired) electrons. The molecule has 3 aromatic rings. The monoisotopic (exact) mass is 436 g/mol. The Kier molecular flexibility index (Phi) is 5.68. The second-order valence-corrected chi connectivity index (χ2v) is 8.43. The van der Waals surface area contributed by atoms with E-state index in [1.54, 1.807) is 21.9 Å². The van der Waals surface area contributed by atoms with Gasteiger partial charge in [-0.05, 0) is 42.0 Å². The largest absolute Gasteiger partial charge is 0.394 e. The van der Waals surface area contributed by atoms with Crippen LogP contribution < -0.4 is 0 Å². The first-order chi connectivity index (χ1) is 16.2. The second kappa shape index (κ2) is 8.93. The molecular formula is C28H24N2O3. The lowest BCUT2D eigenvalue weighted by molar-refractivity contribution is -0.159. The summed E-state index contributed by atoms with van der Waals surface area (Å²) in [6.07, 6.45) is 0. The van der Waals surface area contributed by atoms with Crippen molar-refractivity contribution in [1.82, 2.24) is 9.80 Å². The van der Waals surface area contributed by atoms with Crippen molar-refractivity contribution in [1.29, 1.82) is 0 Å². The molecule has 0 bridgehead atoms. The maximum atomic E-state index is 12.9. The van der Waals surface area contributed by atoms with Gasteiger partial charge < -0.3 is 14.9 Å². The highest BCUT2D eigenvalue weighted by Crippen LogP contribution is 2.43. The highest BCUT2D eigenvalue weighted by Gasteiger charge is 2.54. The predicted octanol–water partition coefficient (Wildman–Crippen LogP) is 2.90. The third-order valence-corrected chi connectivity index (χ3v) is 6.48. The van der Waals surface area contributed by atoms with E-state index in [-0.39, 0.29) is 43.0 Å². The minimum atomic E-state index is -0.266. The van der Waals surface area contributed by atoms with Crippen LogP contribution in [0.25, 0.3) is 0 Å². The van der Waals surface area contributed by atoms with Crippen molar-refractivity contribution in [2.24, 2.45) is 0 Å². The Hall–Kier alpha value is -3.88. The van der Waals surface area contributed by atoms with Crippen LogP contribution >= 0.6 is 0 Å². The number of hydrogen-bond acceptors (Lipinski definition) is 3. The summed E-state index contributed by atoms with van der Waals surface area (Å²) in [7, 11) is 0. The molecule has 33 heavy (non-hydrogen) atoms. The summed E-state index contributed by atoms with van der Waals surface area (Å²) in [6, 6.07) is 26.4. The number of hydrogen-bond donors (Lipinski definition) is 1. The van der Waals surface area contributed by atoms with Gasteiger partial charge in [-0.15, -0.1) is 0 Å². The summed E-state index contributed by atoms with van der Waals surface area (Å²) < 4.78 is 0. The Morgan fingerprint density at radius 1 is 0.879 bits per heavy atom. The lowest BCUT2D eigenvalue weighted by atomic mass is 9.73. The number of aliphatic hydroxyl groups excluding tert-OH is 1. The highest BCUT2D eigenvalue weighted by atomic mass is 16.3. The molecule has 0 unspecified atom stereocenters. The molecule has 5 rings (SSSR count). The standard InChI is InChI=1S/C28H24N2O3/c31-19-25-27(22-15-13-21(14-16-22)12-11-20-7-3-1-4-8-20)24-17-29(18-26(32)30(24)25)28(33)23-9-5-2-6-10-23/h1-10,13-16,24-25,27,31H,17-19H2/t24-,25-,27-/m1/s1. The Morgan fingerprint density at radius 3 is 2.12 bits per heavy atom. The fourth-order valence-corrected chi connectivity index (χ4v) is 4.87. The normalized spacial score (nSPS) is 21.5. The van der Waals surface area contributed by atoms with Crippen LogP contribution in [0.1, 0.15) is 33.0 Å². The van der Waals surface area contributed by atoms with Gasteiger partial charge in [-0.25, -0.2) is 0 Å². The van der Waals surface area contributed by atoms with Gasteiger partial charge in [-0.3, -0.25) is 9.59 Å². The minimum absolute atomic E-state index is 0.0264. The number of carbonyl (C=O) groups is 2. The van der Waals surface area contributed by atoms with Crippen LogP contribution in [0.3, 0.4) is 0 Å². The van der Waals surface area contributed by atoms with E-state index in [0.29, 0.717) is 12.1 Å². The molecule has 3 aromatic carbocycles. The van der Waals surface area contributed by atoms with Gasteiger partial charge in [0.1, 0.15) is 6.54 Å². The Labute approximate surface area is 193 Å². The SMILES string of the molecule is O=C(c1ccccc1)N1CC(=O)N2[C@H](CO)[C@H](c3ccc(C#Cc4ccccc4)cc3)[C@H]2C1.